The van der Waals surface area contributed by atoms with Crippen LogP contribution in [-0.2, 0) is 11.8 Å². The fourth-order valence-corrected chi connectivity index (χ4v) is 9.60. The van der Waals surface area contributed by atoms with E-state index in [0.717, 1.165) is 50.8 Å². The molecule has 2 unspecified atom stereocenters. The number of nitrogens with zero attached hydrogens (tertiary/aromatic N) is 2. The number of hydrogen-bond donors (Lipinski definition) is 1. The van der Waals surface area contributed by atoms with Crippen LogP contribution < -0.4 is 0 Å². The van der Waals surface area contributed by atoms with Crippen LogP contribution in [0.15, 0.2) is 48.5 Å². The van der Waals surface area contributed by atoms with E-state index in [1.165, 1.54) is 11.1 Å². The molecule has 184 valence electrons. The third kappa shape index (κ3) is 2.78. The first-order chi connectivity index (χ1) is 16.9. The van der Waals surface area contributed by atoms with E-state index in [1.54, 1.807) is 6.07 Å². The van der Waals surface area contributed by atoms with Gasteiger partial charge >= 0.3 is 0 Å². The first-order valence-corrected chi connectivity index (χ1v) is 13.2. The third-order valence-corrected chi connectivity index (χ3v) is 10.5. The first kappa shape index (κ1) is 21.8. The minimum Gasteiger partial charge on any atom is -0.508 e. The van der Waals surface area contributed by atoms with Crippen LogP contribution in [0.2, 0.25) is 0 Å². The fourth-order valence-electron chi connectivity index (χ4n) is 9.60. The van der Waals surface area contributed by atoms with Crippen molar-refractivity contribution in [3.8, 4) is 5.75 Å². The number of carbonyl (C=O) groups excluding carboxylic acids is 1. The van der Waals surface area contributed by atoms with Crippen molar-refractivity contribution in [2.24, 2.45) is 17.3 Å². The second-order valence-corrected chi connectivity index (χ2v) is 11.6. The van der Waals surface area contributed by atoms with Crippen molar-refractivity contribution in [2.75, 3.05) is 19.6 Å². The molecule has 0 radical (unpaired) electrons. The predicted octanol–water partition coefficient (Wildman–Crippen LogP) is 4.86. The van der Waals surface area contributed by atoms with Gasteiger partial charge in [0.25, 0.3) is 5.91 Å². The SMILES string of the molecule is O=C(c1ccccc1)N1C[C@H]2C[C@@]34CCC1C2[C@@]31CCN(CCC(F)F)[C@@H]4Cc2ccc(O)cc21. The number of benzene rings is 2. The summed E-state index contributed by atoms with van der Waals surface area (Å²) < 4.78 is 26.4. The Morgan fingerprint density at radius 1 is 1.14 bits per heavy atom. The molecule has 2 saturated carbocycles. The van der Waals surface area contributed by atoms with Gasteiger partial charge in [-0.1, -0.05) is 24.3 Å². The van der Waals surface area contributed by atoms with E-state index >= 15 is 0 Å². The zero-order valence-electron chi connectivity index (χ0n) is 19.9. The minimum absolute atomic E-state index is 0.0435. The van der Waals surface area contributed by atoms with Gasteiger partial charge in [0.15, 0.2) is 0 Å². The van der Waals surface area contributed by atoms with E-state index in [0.29, 0.717) is 24.1 Å². The van der Waals surface area contributed by atoms with Gasteiger partial charge in [0.1, 0.15) is 5.75 Å². The molecule has 35 heavy (non-hydrogen) atoms. The van der Waals surface area contributed by atoms with Crippen molar-refractivity contribution < 1.29 is 18.7 Å². The number of phenols is 1. The summed E-state index contributed by atoms with van der Waals surface area (Å²) in [5, 5.41) is 10.5. The molecular formula is C29H32F2N2O2. The standard InChI is InChI=1S/C29H32F2N2O2/c30-25(31)9-12-32-13-11-29-22-15-21(34)7-6-19(22)14-24(32)28(29)10-8-23-26(29)20(16-28)17-33(23)27(35)18-4-2-1-3-5-18/h1-7,15,20,23-26,34H,8-14,16-17H2/t20-,23?,24-,26?,28-,29+/m1/s1. The highest BCUT2D eigenvalue weighted by atomic mass is 19.3. The van der Waals surface area contributed by atoms with Crippen LogP contribution in [0.3, 0.4) is 0 Å². The van der Waals surface area contributed by atoms with E-state index < -0.39 is 6.43 Å². The normalized spacial score (nSPS) is 36.8. The van der Waals surface area contributed by atoms with Gasteiger partial charge < -0.3 is 10.0 Å². The number of phenolic OH excluding ortho intramolecular Hbond substituents is 1. The van der Waals surface area contributed by atoms with Crippen molar-refractivity contribution in [2.45, 2.75) is 62.4 Å². The van der Waals surface area contributed by atoms with Crippen molar-refractivity contribution in [1.29, 1.82) is 0 Å². The van der Waals surface area contributed by atoms with Crippen molar-refractivity contribution >= 4 is 5.91 Å². The molecule has 0 aromatic heterocycles. The molecule has 6 atom stereocenters. The molecule has 3 aliphatic carbocycles. The Morgan fingerprint density at radius 2 is 1.97 bits per heavy atom. The maximum Gasteiger partial charge on any atom is 0.254 e. The van der Waals surface area contributed by atoms with Gasteiger partial charge in [0, 0.05) is 42.6 Å². The highest BCUT2D eigenvalue weighted by Gasteiger charge is 2.76. The zero-order valence-corrected chi connectivity index (χ0v) is 19.9. The molecule has 4 nitrogen and oxygen atoms in total. The molecule has 4 bridgehead atoms. The Bertz CT molecular complexity index is 1170. The molecule has 6 heteroatoms. The lowest BCUT2D eigenvalue weighted by atomic mass is 9.43. The van der Waals surface area contributed by atoms with E-state index in [4.69, 9.17) is 0 Å². The van der Waals surface area contributed by atoms with Crippen molar-refractivity contribution in [1.82, 2.24) is 9.80 Å². The van der Waals surface area contributed by atoms with Gasteiger partial charge in [0.05, 0.1) is 0 Å². The molecular weight excluding hydrogens is 446 g/mol. The number of likely N-dealkylation sites (tertiary alicyclic amines) is 2. The van der Waals surface area contributed by atoms with Gasteiger partial charge in [-0.25, -0.2) is 8.78 Å². The fraction of sp³-hybridized carbons (Fsp3) is 0.552. The van der Waals surface area contributed by atoms with E-state index in [2.05, 4.69) is 15.9 Å². The molecule has 2 aliphatic heterocycles. The lowest BCUT2D eigenvalue weighted by Crippen LogP contribution is -2.69. The summed E-state index contributed by atoms with van der Waals surface area (Å²) in [7, 11) is 0. The van der Waals surface area contributed by atoms with Crippen molar-refractivity contribution in [3.05, 3.63) is 65.2 Å². The molecule has 1 N–H and O–H groups in total. The number of alkyl halides is 2. The molecule has 4 fully saturated rings. The van der Waals surface area contributed by atoms with Crippen LogP contribution in [0.4, 0.5) is 8.78 Å². The second kappa shape index (κ2) is 7.52. The Balaban J connectivity index is 1.33. The van der Waals surface area contributed by atoms with Gasteiger partial charge in [-0.2, -0.15) is 0 Å². The smallest absolute Gasteiger partial charge is 0.254 e. The number of piperidine rings is 1. The van der Waals surface area contributed by atoms with Crippen LogP contribution >= 0.6 is 0 Å². The van der Waals surface area contributed by atoms with Crippen molar-refractivity contribution in [3.63, 3.8) is 0 Å². The maximum absolute atomic E-state index is 13.6. The molecule has 0 spiro atoms. The van der Waals surface area contributed by atoms with E-state index in [-0.39, 0.29) is 35.2 Å². The number of halogens is 2. The molecule has 2 heterocycles. The molecule has 1 amide bonds. The number of rotatable bonds is 4. The molecule has 7 rings (SSSR count). The second-order valence-electron chi connectivity index (χ2n) is 11.6. The monoisotopic (exact) mass is 478 g/mol. The molecule has 5 aliphatic rings. The van der Waals surface area contributed by atoms with Gasteiger partial charge in [-0.15, -0.1) is 0 Å². The number of fused-ring (bicyclic) bond motifs is 1. The summed E-state index contributed by atoms with van der Waals surface area (Å²) in [4.78, 5) is 18.1. The van der Waals surface area contributed by atoms with Gasteiger partial charge in [-0.3, -0.25) is 9.69 Å². The number of carbonyl (C=O) groups is 1. The summed E-state index contributed by atoms with van der Waals surface area (Å²) in [5.41, 5.74) is 3.25. The Kier molecular flexibility index (Phi) is 4.68. The Hall–Kier alpha value is -2.47. The molecule has 2 aromatic rings. The summed E-state index contributed by atoms with van der Waals surface area (Å²) in [5.74, 6) is 1.22. The van der Waals surface area contributed by atoms with Gasteiger partial charge in [0.2, 0.25) is 6.43 Å². The van der Waals surface area contributed by atoms with Crippen LogP contribution in [-0.4, -0.2) is 59.0 Å². The summed E-state index contributed by atoms with van der Waals surface area (Å²) in [6.07, 6.45) is 2.51. The topological polar surface area (TPSA) is 43.8 Å². The van der Waals surface area contributed by atoms with Crippen LogP contribution in [0.25, 0.3) is 0 Å². The first-order valence-electron chi connectivity index (χ1n) is 13.2. The molecule has 2 aromatic carbocycles. The summed E-state index contributed by atoms with van der Waals surface area (Å²) in [6.45, 7) is 2.05. The van der Waals surface area contributed by atoms with Crippen LogP contribution in [0.5, 0.6) is 5.75 Å². The Labute approximate surface area is 204 Å². The quantitative estimate of drug-likeness (QED) is 0.683. The number of aromatic hydroxyl groups is 1. The third-order valence-electron chi connectivity index (χ3n) is 10.5. The maximum atomic E-state index is 13.6. The van der Waals surface area contributed by atoms with Crippen LogP contribution in [0.1, 0.15) is 53.6 Å². The molecule has 2 saturated heterocycles. The lowest BCUT2D eigenvalue weighted by molar-refractivity contribution is -0.103. The highest BCUT2D eigenvalue weighted by Crippen LogP contribution is 2.75. The summed E-state index contributed by atoms with van der Waals surface area (Å²) in [6, 6.07) is 15.9. The van der Waals surface area contributed by atoms with Gasteiger partial charge in [-0.05, 0) is 91.3 Å². The highest BCUT2D eigenvalue weighted by molar-refractivity contribution is 5.94. The number of amides is 1. The van der Waals surface area contributed by atoms with E-state index in [9.17, 15) is 18.7 Å². The van der Waals surface area contributed by atoms with E-state index in [1.807, 2.05) is 36.4 Å². The minimum atomic E-state index is -2.27. The lowest BCUT2D eigenvalue weighted by Gasteiger charge is -2.66. The average molecular weight is 479 g/mol. The number of hydrogen-bond acceptors (Lipinski definition) is 3. The van der Waals surface area contributed by atoms with Crippen LogP contribution in [0, 0.1) is 17.3 Å². The Morgan fingerprint density at radius 3 is 2.77 bits per heavy atom. The largest absolute Gasteiger partial charge is 0.508 e. The predicted molar refractivity (Wildman–Crippen MR) is 129 cm³/mol. The summed E-state index contributed by atoms with van der Waals surface area (Å²) >= 11 is 0. The zero-order chi connectivity index (χ0) is 23.9. The average Bonchev–Trinajstić information content (AvgIpc) is 3.30.